The maximum atomic E-state index is 11.1. The van der Waals surface area contributed by atoms with Gasteiger partial charge in [-0.15, -0.1) is 0 Å². The molecule has 4 heteroatoms. The molecule has 1 fully saturated rings. The first-order valence-corrected chi connectivity index (χ1v) is 6.18. The zero-order valence-corrected chi connectivity index (χ0v) is 10.4. The Morgan fingerprint density at radius 1 is 1.56 bits per heavy atom. The molecule has 1 aliphatic rings. The summed E-state index contributed by atoms with van der Waals surface area (Å²) >= 11 is 0. The molecule has 0 aromatic carbocycles. The summed E-state index contributed by atoms with van der Waals surface area (Å²) in [4.78, 5) is 11.1. The summed E-state index contributed by atoms with van der Waals surface area (Å²) in [5, 5.41) is 15.5. The van der Waals surface area contributed by atoms with Crippen molar-refractivity contribution >= 4 is 5.91 Å². The van der Waals surface area contributed by atoms with E-state index in [4.69, 9.17) is 0 Å². The molecule has 0 aliphatic heterocycles. The molecule has 4 nitrogen and oxygen atoms in total. The van der Waals surface area contributed by atoms with E-state index in [9.17, 15) is 9.90 Å². The van der Waals surface area contributed by atoms with Crippen LogP contribution in [0.15, 0.2) is 0 Å². The molecule has 0 radical (unpaired) electrons. The fraction of sp³-hybridized carbons (Fsp3) is 0.917. The number of aliphatic hydroxyl groups excluding tert-OH is 1. The summed E-state index contributed by atoms with van der Waals surface area (Å²) in [6.07, 6.45) is 4.92. The Hall–Kier alpha value is -0.610. The molecule has 1 amide bonds. The first-order valence-electron chi connectivity index (χ1n) is 6.18. The van der Waals surface area contributed by atoms with Crippen molar-refractivity contribution in [2.45, 2.75) is 44.6 Å². The van der Waals surface area contributed by atoms with E-state index in [0.29, 0.717) is 18.9 Å². The third-order valence-electron chi connectivity index (χ3n) is 3.53. The first-order chi connectivity index (χ1) is 7.62. The highest BCUT2D eigenvalue weighted by molar-refractivity contribution is 5.75. The molecular weight excluding hydrogens is 204 g/mol. The summed E-state index contributed by atoms with van der Waals surface area (Å²) in [6, 6.07) is 0. The van der Waals surface area contributed by atoms with Crippen LogP contribution in [0.25, 0.3) is 0 Å². The van der Waals surface area contributed by atoms with Crippen LogP contribution in [0, 0.1) is 5.92 Å². The van der Waals surface area contributed by atoms with Crippen LogP contribution in [0.4, 0.5) is 0 Å². The molecule has 2 atom stereocenters. The number of nitrogens with one attached hydrogen (secondary N) is 2. The Balaban J connectivity index is 2.38. The van der Waals surface area contributed by atoms with Gasteiger partial charge in [0.05, 0.1) is 6.61 Å². The second-order valence-corrected chi connectivity index (χ2v) is 4.99. The average molecular weight is 228 g/mol. The molecule has 3 N–H and O–H groups in total. The Morgan fingerprint density at radius 2 is 2.31 bits per heavy atom. The molecule has 0 aromatic heterocycles. The number of aliphatic hydroxyl groups is 1. The Labute approximate surface area is 97.8 Å². The summed E-state index contributed by atoms with van der Waals surface area (Å²) in [7, 11) is 1.65. The zero-order valence-electron chi connectivity index (χ0n) is 10.4. The summed E-state index contributed by atoms with van der Waals surface area (Å²) in [5.41, 5.74) is -0.147. The highest BCUT2D eigenvalue weighted by Gasteiger charge is 2.33. The maximum absolute atomic E-state index is 11.1. The molecule has 0 aromatic rings. The van der Waals surface area contributed by atoms with Crippen LogP contribution >= 0.6 is 0 Å². The van der Waals surface area contributed by atoms with E-state index in [2.05, 4.69) is 17.6 Å². The summed E-state index contributed by atoms with van der Waals surface area (Å²) in [6.45, 7) is 3.04. The standard InChI is InChI=1S/C12H24N2O2/c1-10-4-3-6-12(8-10,9-15)14-7-5-11(16)13-2/h10,14-15H,3-9H2,1-2H3,(H,13,16). The molecule has 2 unspecified atom stereocenters. The van der Waals surface area contributed by atoms with Crippen molar-refractivity contribution in [2.75, 3.05) is 20.2 Å². The quantitative estimate of drug-likeness (QED) is 0.647. The van der Waals surface area contributed by atoms with Gasteiger partial charge < -0.3 is 15.7 Å². The largest absolute Gasteiger partial charge is 0.394 e. The summed E-state index contributed by atoms with van der Waals surface area (Å²) < 4.78 is 0. The fourth-order valence-electron chi connectivity index (χ4n) is 2.59. The highest BCUT2D eigenvalue weighted by Crippen LogP contribution is 2.31. The normalized spacial score (nSPS) is 30.1. The molecule has 16 heavy (non-hydrogen) atoms. The van der Waals surface area contributed by atoms with Crippen molar-refractivity contribution in [2.24, 2.45) is 5.92 Å². The van der Waals surface area contributed by atoms with Crippen molar-refractivity contribution in [1.29, 1.82) is 0 Å². The van der Waals surface area contributed by atoms with E-state index in [0.717, 1.165) is 19.3 Å². The molecule has 1 saturated carbocycles. The maximum Gasteiger partial charge on any atom is 0.221 e. The Bertz CT molecular complexity index is 233. The van der Waals surface area contributed by atoms with Gasteiger partial charge in [-0.2, -0.15) is 0 Å². The minimum absolute atomic E-state index is 0.0458. The second-order valence-electron chi connectivity index (χ2n) is 4.99. The van der Waals surface area contributed by atoms with E-state index < -0.39 is 0 Å². The number of hydrogen-bond donors (Lipinski definition) is 3. The van der Waals surface area contributed by atoms with Gasteiger partial charge in [0.1, 0.15) is 0 Å². The van der Waals surface area contributed by atoms with Crippen molar-refractivity contribution < 1.29 is 9.90 Å². The molecule has 0 heterocycles. The highest BCUT2D eigenvalue weighted by atomic mass is 16.3. The molecule has 0 spiro atoms. The smallest absolute Gasteiger partial charge is 0.221 e. The molecule has 1 rings (SSSR count). The molecular formula is C12H24N2O2. The van der Waals surface area contributed by atoms with Crippen LogP contribution < -0.4 is 10.6 Å². The van der Waals surface area contributed by atoms with Gasteiger partial charge in [-0.25, -0.2) is 0 Å². The van der Waals surface area contributed by atoms with Gasteiger partial charge in [0, 0.05) is 25.6 Å². The van der Waals surface area contributed by atoms with E-state index in [1.807, 2.05) is 0 Å². The SMILES string of the molecule is CNC(=O)CCNC1(CO)CCCC(C)C1. The number of amides is 1. The topological polar surface area (TPSA) is 61.4 Å². The van der Waals surface area contributed by atoms with Crippen LogP contribution in [0.3, 0.4) is 0 Å². The van der Waals surface area contributed by atoms with Crippen LogP contribution in [-0.2, 0) is 4.79 Å². The van der Waals surface area contributed by atoms with Gasteiger partial charge in [-0.3, -0.25) is 4.79 Å². The van der Waals surface area contributed by atoms with Crippen LogP contribution in [0.5, 0.6) is 0 Å². The van der Waals surface area contributed by atoms with Crippen molar-refractivity contribution in [3.05, 3.63) is 0 Å². The predicted octanol–water partition coefficient (Wildman–Crippen LogP) is 0.653. The monoisotopic (exact) mass is 228 g/mol. The minimum Gasteiger partial charge on any atom is -0.394 e. The lowest BCUT2D eigenvalue weighted by molar-refractivity contribution is -0.120. The number of rotatable bonds is 5. The Morgan fingerprint density at radius 3 is 2.88 bits per heavy atom. The minimum atomic E-state index is -0.147. The average Bonchev–Trinajstić information content (AvgIpc) is 2.29. The van der Waals surface area contributed by atoms with Crippen LogP contribution in [0.2, 0.25) is 0 Å². The zero-order chi connectivity index (χ0) is 12.0. The second kappa shape index (κ2) is 6.21. The molecule has 1 aliphatic carbocycles. The van der Waals surface area contributed by atoms with E-state index >= 15 is 0 Å². The molecule has 0 bridgehead atoms. The van der Waals surface area contributed by atoms with Gasteiger partial charge >= 0.3 is 0 Å². The number of carbonyl (C=O) groups excluding carboxylic acids is 1. The predicted molar refractivity (Wildman–Crippen MR) is 64.1 cm³/mol. The Kier molecular flexibility index (Phi) is 5.22. The first kappa shape index (κ1) is 13.5. The lowest BCUT2D eigenvalue weighted by atomic mass is 9.77. The van der Waals surface area contributed by atoms with Crippen molar-refractivity contribution in [3.8, 4) is 0 Å². The van der Waals surface area contributed by atoms with Crippen molar-refractivity contribution in [3.63, 3.8) is 0 Å². The van der Waals surface area contributed by atoms with Gasteiger partial charge in [-0.1, -0.05) is 19.8 Å². The van der Waals surface area contributed by atoms with Crippen LogP contribution in [-0.4, -0.2) is 36.8 Å². The summed E-state index contributed by atoms with van der Waals surface area (Å²) in [5.74, 6) is 0.706. The lowest BCUT2D eigenvalue weighted by Gasteiger charge is -2.39. The molecule has 0 saturated heterocycles. The van der Waals surface area contributed by atoms with E-state index in [-0.39, 0.29) is 18.1 Å². The van der Waals surface area contributed by atoms with Gasteiger partial charge in [-0.05, 0) is 18.8 Å². The van der Waals surface area contributed by atoms with Gasteiger partial charge in [0.25, 0.3) is 0 Å². The van der Waals surface area contributed by atoms with E-state index in [1.54, 1.807) is 7.05 Å². The van der Waals surface area contributed by atoms with Crippen molar-refractivity contribution in [1.82, 2.24) is 10.6 Å². The van der Waals surface area contributed by atoms with Crippen LogP contribution in [0.1, 0.15) is 39.0 Å². The fourth-order valence-corrected chi connectivity index (χ4v) is 2.59. The molecule has 94 valence electrons. The van der Waals surface area contributed by atoms with E-state index in [1.165, 1.54) is 6.42 Å². The lowest BCUT2D eigenvalue weighted by Crippen LogP contribution is -2.52. The third kappa shape index (κ3) is 3.76. The third-order valence-corrected chi connectivity index (χ3v) is 3.53. The number of carbonyl (C=O) groups is 1. The van der Waals surface area contributed by atoms with Gasteiger partial charge in [0.15, 0.2) is 0 Å². The van der Waals surface area contributed by atoms with Gasteiger partial charge in [0.2, 0.25) is 5.91 Å². The number of hydrogen-bond acceptors (Lipinski definition) is 3.